The number of amides is 1. The molecule has 3 N–H and O–H groups in total. The zero-order valence-electron chi connectivity index (χ0n) is 10.9. The van der Waals surface area contributed by atoms with E-state index < -0.39 is 11.5 Å². The van der Waals surface area contributed by atoms with E-state index in [2.05, 4.69) is 33.2 Å². The third-order valence-corrected chi connectivity index (χ3v) is 3.91. The third-order valence-electron chi connectivity index (χ3n) is 2.97. The van der Waals surface area contributed by atoms with Crippen LogP contribution in [-0.4, -0.2) is 29.1 Å². The van der Waals surface area contributed by atoms with E-state index in [4.69, 9.17) is 5.11 Å². The molecule has 1 aromatic rings. The maximum atomic E-state index is 11.8. The Morgan fingerprint density at radius 2 is 2.00 bits per heavy atom. The largest absolute Gasteiger partial charge is 0.480 e. The lowest BCUT2D eigenvalue weighted by molar-refractivity contribution is -0.144. The van der Waals surface area contributed by atoms with E-state index >= 15 is 0 Å². The van der Waals surface area contributed by atoms with Gasteiger partial charge >= 0.3 is 5.97 Å². The van der Waals surface area contributed by atoms with Crippen LogP contribution in [0.4, 0.5) is 5.69 Å². The van der Waals surface area contributed by atoms with E-state index in [0.29, 0.717) is 6.42 Å². The highest BCUT2D eigenvalue weighted by atomic mass is 127. The van der Waals surface area contributed by atoms with E-state index in [-0.39, 0.29) is 12.5 Å². The summed E-state index contributed by atoms with van der Waals surface area (Å²) in [5, 5.41) is 14.6. The molecule has 0 aliphatic carbocycles. The highest BCUT2D eigenvalue weighted by molar-refractivity contribution is 14.1. The van der Waals surface area contributed by atoms with E-state index in [1.807, 2.05) is 18.2 Å². The molecule has 5 nitrogen and oxygen atoms in total. The Hall–Kier alpha value is -1.15. The maximum Gasteiger partial charge on any atom is 0.323 e. The summed E-state index contributed by atoms with van der Waals surface area (Å²) in [6.45, 7) is 3.29. The Morgan fingerprint density at radius 1 is 1.37 bits per heavy atom. The Balaban J connectivity index is 2.58. The minimum absolute atomic E-state index is 0.0401. The molecule has 0 saturated heterocycles. The van der Waals surface area contributed by atoms with Gasteiger partial charge in [-0.25, -0.2) is 0 Å². The molecule has 1 unspecified atom stereocenters. The van der Waals surface area contributed by atoms with Crippen LogP contribution in [0.1, 0.15) is 20.3 Å². The molecule has 104 valence electrons. The van der Waals surface area contributed by atoms with E-state index in [9.17, 15) is 9.59 Å². The van der Waals surface area contributed by atoms with Crippen molar-refractivity contribution in [1.29, 1.82) is 0 Å². The molecule has 0 saturated carbocycles. The second-order valence-electron chi connectivity index (χ2n) is 4.37. The molecule has 0 fully saturated rings. The molecule has 0 aromatic heterocycles. The Bertz CT molecular complexity index is 479. The smallest absolute Gasteiger partial charge is 0.323 e. The van der Waals surface area contributed by atoms with Gasteiger partial charge in [0.05, 0.1) is 12.2 Å². The van der Waals surface area contributed by atoms with Gasteiger partial charge in [0.15, 0.2) is 0 Å². The average molecular weight is 376 g/mol. The van der Waals surface area contributed by atoms with Gasteiger partial charge in [0, 0.05) is 3.57 Å². The molecule has 6 heteroatoms. The van der Waals surface area contributed by atoms with Crippen LogP contribution in [0.15, 0.2) is 24.3 Å². The van der Waals surface area contributed by atoms with Crippen molar-refractivity contribution in [3.05, 3.63) is 27.8 Å². The lowest BCUT2D eigenvalue weighted by atomic mass is 9.99. The van der Waals surface area contributed by atoms with Crippen molar-refractivity contribution in [3.63, 3.8) is 0 Å². The van der Waals surface area contributed by atoms with Crippen molar-refractivity contribution in [2.24, 2.45) is 0 Å². The first-order valence-electron chi connectivity index (χ1n) is 5.92. The molecule has 1 amide bonds. The molecule has 0 radical (unpaired) electrons. The summed E-state index contributed by atoms with van der Waals surface area (Å²) in [5.41, 5.74) is -0.357. The predicted molar refractivity (Wildman–Crippen MR) is 82.1 cm³/mol. The van der Waals surface area contributed by atoms with Gasteiger partial charge in [0.25, 0.3) is 0 Å². The quantitative estimate of drug-likeness (QED) is 0.665. The Kier molecular flexibility index (Phi) is 5.74. The molecule has 1 aromatic carbocycles. The molecule has 0 aliphatic rings. The van der Waals surface area contributed by atoms with Gasteiger partial charge in [-0.1, -0.05) is 19.1 Å². The van der Waals surface area contributed by atoms with Gasteiger partial charge in [-0.05, 0) is 48.1 Å². The Labute approximate surface area is 125 Å². The second kappa shape index (κ2) is 6.85. The Morgan fingerprint density at radius 3 is 2.53 bits per heavy atom. The predicted octanol–water partition coefficient (Wildman–Crippen LogP) is 2.07. The van der Waals surface area contributed by atoms with Crippen LogP contribution >= 0.6 is 22.6 Å². The molecule has 1 atom stereocenters. The number of aliphatic carboxylic acids is 1. The number of hydrogen-bond donors (Lipinski definition) is 3. The summed E-state index contributed by atoms with van der Waals surface area (Å²) in [5.74, 6) is -1.22. The number of carboxylic acids is 1. The molecule has 0 bridgehead atoms. The van der Waals surface area contributed by atoms with Crippen LogP contribution in [0.5, 0.6) is 0 Å². The summed E-state index contributed by atoms with van der Waals surface area (Å²) in [6, 6.07) is 7.40. The summed E-state index contributed by atoms with van der Waals surface area (Å²) in [4.78, 5) is 22.9. The number of nitrogens with one attached hydrogen (secondary N) is 2. The van der Waals surface area contributed by atoms with E-state index in [1.165, 1.54) is 0 Å². The zero-order chi connectivity index (χ0) is 14.5. The minimum atomic E-state index is -1.08. The standard InChI is InChI=1S/C13H17IN2O3/c1-3-13(2,12(18)19)15-8-11(17)16-10-7-5-4-6-9(10)14/h4-7,15H,3,8H2,1-2H3,(H,16,17)(H,18,19). The van der Waals surface area contributed by atoms with Gasteiger partial charge in [-0.2, -0.15) is 0 Å². The van der Waals surface area contributed by atoms with Crippen LogP contribution < -0.4 is 10.6 Å². The van der Waals surface area contributed by atoms with Crippen molar-refractivity contribution in [2.75, 3.05) is 11.9 Å². The molecule has 1 rings (SSSR count). The highest BCUT2D eigenvalue weighted by Crippen LogP contribution is 2.16. The first kappa shape index (κ1) is 15.9. The normalized spacial score (nSPS) is 13.6. The number of carboxylic acid groups (broad SMARTS) is 1. The third kappa shape index (κ3) is 4.46. The fourth-order valence-electron chi connectivity index (χ4n) is 1.38. The highest BCUT2D eigenvalue weighted by Gasteiger charge is 2.30. The average Bonchev–Trinajstić information content (AvgIpc) is 2.38. The number of halogens is 1. The number of carbonyl (C=O) groups is 2. The van der Waals surface area contributed by atoms with Crippen molar-refractivity contribution in [1.82, 2.24) is 5.32 Å². The van der Waals surface area contributed by atoms with Crippen LogP contribution in [0.3, 0.4) is 0 Å². The van der Waals surface area contributed by atoms with Crippen LogP contribution in [0.25, 0.3) is 0 Å². The topological polar surface area (TPSA) is 78.4 Å². The lowest BCUT2D eigenvalue weighted by Gasteiger charge is -2.24. The summed E-state index contributed by atoms with van der Waals surface area (Å²) in [7, 11) is 0. The second-order valence-corrected chi connectivity index (χ2v) is 5.53. The first-order valence-corrected chi connectivity index (χ1v) is 6.99. The summed E-state index contributed by atoms with van der Waals surface area (Å²) in [6.07, 6.45) is 0.401. The number of anilines is 1. The maximum absolute atomic E-state index is 11.8. The number of para-hydroxylation sites is 1. The monoisotopic (exact) mass is 376 g/mol. The van der Waals surface area contributed by atoms with Crippen molar-refractivity contribution >= 4 is 40.2 Å². The summed E-state index contributed by atoms with van der Waals surface area (Å²) >= 11 is 2.13. The molecule has 0 heterocycles. The zero-order valence-corrected chi connectivity index (χ0v) is 13.0. The van der Waals surface area contributed by atoms with Crippen LogP contribution in [0, 0.1) is 3.57 Å². The van der Waals surface area contributed by atoms with Gasteiger partial charge in [-0.3, -0.25) is 14.9 Å². The molecule has 0 spiro atoms. The number of rotatable bonds is 6. The number of hydrogen-bond acceptors (Lipinski definition) is 3. The van der Waals surface area contributed by atoms with E-state index in [0.717, 1.165) is 9.26 Å². The van der Waals surface area contributed by atoms with Gasteiger partial charge in [0.1, 0.15) is 5.54 Å². The minimum Gasteiger partial charge on any atom is -0.480 e. The van der Waals surface area contributed by atoms with E-state index in [1.54, 1.807) is 19.9 Å². The molecular formula is C13H17IN2O3. The first-order chi connectivity index (χ1) is 8.89. The molecule has 19 heavy (non-hydrogen) atoms. The van der Waals surface area contributed by atoms with Crippen LogP contribution in [-0.2, 0) is 9.59 Å². The summed E-state index contributed by atoms with van der Waals surface area (Å²) < 4.78 is 0.935. The van der Waals surface area contributed by atoms with Gasteiger partial charge in [-0.15, -0.1) is 0 Å². The number of carbonyl (C=O) groups excluding carboxylic acids is 1. The fraction of sp³-hybridized carbons (Fsp3) is 0.385. The van der Waals surface area contributed by atoms with Crippen molar-refractivity contribution in [2.45, 2.75) is 25.8 Å². The number of benzene rings is 1. The van der Waals surface area contributed by atoms with Crippen LogP contribution in [0.2, 0.25) is 0 Å². The van der Waals surface area contributed by atoms with Gasteiger partial charge < -0.3 is 10.4 Å². The SMILES string of the molecule is CCC(C)(NCC(=O)Nc1ccccc1I)C(=O)O. The van der Waals surface area contributed by atoms with Crippen molar-refractivity contribution < 1.29 is 14.7 Å². The van der Waals surface area contributed by atoms with Gasteiger partial charge in [0.2, 0.25) is 5.91 Å². The van der Waals surface area contributed by atoms with Crippen molar-refractivity contribution in [3.8, 4) is 0 Å². The molecule has 0 aliphatic heterocycles. The molecular weight excluding hydrogens is 359 g/mol. The lowest BCUT2D eigenvalue weighted by Crippen LogP contribution is -2.51. The fourth-order valence-corrected chi connectivity index (χ4v) is 1.91.